The van der Waals surface area contributed by atoms with Crippen LogP contribution in [0.25, 0.3) is 22.3 Å². The van der Waals surface area contributed by atoms with Gasteiger partial charge in [-0.25, -0.2) is 0 Å². The Balaban J connectivity index is 1.33. The lowest BCUT2D eigenvalue weighted by Crippen LogP contribution is -2.03. The van der Waals surface area contributed by atoms with Gasteiger partial charge in [-0.1, -0.05) is 102 Å². The van der Waals surface area contributed by atoms with Crippen LogP contribution in [0.15, 0.2) is 97.1 Å². The van der Waals surface area contributed by atoms with E-state index >= 15 is 0 Å². The zero-order valence-electron chi connectivity index (χ0n) is 19.9. The molecule has 174 valence electrons. The van der Waals surface area contributed by atoms with Crippen LogP contribution in [0.3, 0.4) is 0 Å². The van der Waals surface area contributed by atoms with Crippen LogP contribution in [-0.4, -0.2) is 26.5 Å². The molecule has 0 N–H and O–H groups in total. The van der Waals surface area contributed by atoms with Gasteiger partial charge in [0.05, 0.1) is 14.2 Å². The Morgan fingerprint density at radius 2 is 0.824 bits per heavy atom. The number of benzene rings is 4. The van der Waals surface area contributed by atoms with Crippen LogP contribution in [0.2, 0.25) is 0 Å². The SMILES string of the molecule is COc1ccccc1-c1ccccc1PCCCCPc1ccccc1-c1ccccc1OC. The lowest BCUT2D eigenvalue weighted by Gasteiger charge is -2.14. The Hall–Kier alpha value is -2.66. The predicted octanol–water partition coefficient (Wildman–Crippen LogP) is 7.13. The van der Waals surface area contributed by atoms with E-state index in [1.165, 1.54) is 58.0 Å². The molecule has 0 fully saturated rings. The fourth-order valence-electron chi connectivity index (χ4n) is 4.17. The van der Waals surface area contributed by atoms with Gasteiger partial charge in [0.2, 0.25) is 0 Å². The maximum Gasteiger partial charge on any atom is 0.126 e. The molecule has 0 spiro atoms. The summed E-state index contributed by atoms with van der Waals surface area (Å²) in [6, 6.07) is 34.1. The van der Waals surface area contributed by atoms with Crippen LogP contribution in [0.1, 0.15) is 12.8 Å². The molecule has 4 aromatic rings. The van der Waals surface area contributed by atoms with Gasteiger partial charge in [-0.2, -0.15) is 0 Å². The van der Waals surface area contributed by atoms with Gasteiger partial charge in [-0.15, -0.1) is 0 Å². The third kappa shape index (κ3) is 6.06. The summed E-state index contributed by atoms with van der Waals surface area (Å²) in [7, 11) is 5.11. The summed E-state index contributed by atoms with van der Waals surface area (Å²) in [6.45, 7) is 0. The molecule has 4 rings (SSSR count). The van der Waals surface area contributed by atoms with Crippen LogP contribution >= 0.6 is 17.2 Å². The maximum atomic E-state index is 5.61. The summed E-state index contributed by atoms with van der Waals surface area (Å²) in [6.07, 6.45) is 4.96. The van der Waals surface area contributed by atoms with E-state index in [1.54, 1.807) is 14.2 Å². The standard InChI is InChI=1S/C30H32O2P2/c1-31-27-17-7-3-13-23(27)25-15-5-9-19-29(25)33-21-11-12-22-34-30-20-10-6-16-26(30)24-14-4-8-18-28(24)32-2/h3-10,13-20,33-34H,11-12,21-22H2,1-2H3. The molecule has 0 aromatic heterocycles. The van der Waals surface area contributed by atoms with Crippen molar-refractivity contribution < 1.29 is 9.47 Å². The van der Waals surface area contributed by atoms with E-state index in [0.29, 0.717) is 0 Å². The molecular weight excluding hydrogens is 454 g/mol. The van der Waals surface area contributed by atoms with Gasteiger partial charge >= 0.3 is 0 Å². The average molecular weight is 487 g/mol. The van der Waals surface area contributed by atoms with Gasteiger partial charge in [0, 0.05) is 11.1 Å². The number of hydrogen-bond acceptors (Lipinski definition) is 2. The van der Waals surface area contributed by atoms with E-state index in [2.05, 4.69) is 72.8 Å². The van der Waals surface area contributed by atoms with E-state index < -0.39 is 0 Å². The number of hydrogen-bond donors (Lipinski definition) is 0. The maximum absolute atomic E-state index is 5.61. The second-order valence-corrected chi connectivity index (χ2v) is 10.8. The normalized spacial score (nSPS) is 11.5. The summed E-state index contributed by atoms with van der Waals surface area (Å²) < 4.78 is 11.2. The van der Waals surface area contributed by atoms with Gasteiger partial charge in [0.1, 0.15) is 11.5 Å². The second kappa shape index (κ2) is 12.7. The van der Waals surface area contributed by atoms with Gasteiger partial charge in [0.25, 0.3) is 0 Å². The molecule has 2 atom stereocenters. The van der Waals surface area contributed by atoms with Crippen molar-refractivity contribution in [2.45, 2.75) is 12.8 Å². The van der Waals surface area contributed by atoms with Crippen LogP contribution in [0.5, 0.6) is 11.5 Å². The van der Waals surface area contributed by atoms with Crippen LogP contribution in [-0.2, 0) is 0 Å². The van der Waals surface area contributed by atoms with Crippen molar-refractivity contribution >= 4 is 27.8 Å². The minimum Gasteiger partial charge on any atom is -0.496 e. The highest BCUT2D eigenvalue weighted by molar-refractivity contribution is 7.48. The van der Waals surface area contributed by atoms with Crippen LogP contribution in [0, 0.1) is 0 Å². The quantitative estimate of drug-likeness (QED) is 0.166. The molecule has 4 aromatic carbocycles. The Bertz CT molecular complexity index is 1110. The molecule has 2 unspecified atom stereocenters. The van der Waals surface area contributed by atoms with Crippen LogP contribution < -0.4 is 20.1 Å². The summed E-state index contributed by atoms with van der Waals surface area (Å²) in [4.78, 5) is 0. The number of unbranched alkanes of at least 4 members (excludes halogenated alkanes) is 1. The summed E-state index contributed by atoms with van der Waals surface area (Å²) in [5.41, 5.74) is 4.96. The molecule has 0 saturated heterocycles. The highest BCUT2D eigenvalue weighted by Crippen LogP contribution is 2.33. The fraction of sp³-hybridized carbons (Fsp3) is 0.200. The van der Waals surface area contributed by atoms with Crippen molar-refractivity contribution in [3.05, 3.63) is 97.1 Å². The van der Waals surface area contributed by atoms with Crippen LogP contribution in [0.4, 0.5) is 0 Å². The molecule has 0 aliphatic rings. The first-order valence-electron chi connectivity index (χ1n) is 11.7. The molecule has 34 heavy (non-hydrogen) atoms. The van der Waals surface area contributed by atoms with Crippen molar-refractivity contribution in [2.75, 3.05) is 26.5 Å². The Kier molecular flexibility index (Phi) is 9.14. The highest BCUT2D eigenvalue weighted by atomic mass is 31.1. The van der Waals surface area contributed by atoms with E-state index in [0.717, 1.165) is 28.7 Å². The highest BCUT2D eigenvalue weighted by Gasteiger charge is 2.11. The third-order valence-electron chi connectivity index (χ3n) is 5.88. The monoisotopic (exact) mass is 486 g/mol. The molecule has 0 aliphatic heterocycles. The number of para-hydroxylation sites is 2. The van der Waals surface area contributed by atoms with Gasteiger partial charge < -0.3 is 9.47 Å². The molecule has 0 heterocycles. The first kappa shape index (κ1) is 24.5. The molecule has 0 aliphatic carbocycles. The average Bonchev–Trinajstić information content (AvgIpc) is 2.91. The second-order valence-electron chi connectivity index (χ2n) is 8.05. The largest absolute Gasteiger partial charge is 0.496 e. The number of ether oxygens (including phenoxy) is 2. The van der Waals surface area contributed by atoms with Crippen molar-refractivity contribution in [1.29, 1.82) is 0 Å². The Morgan fingerprint density at radius 1 is 0.471 bits per heavy atom. The zero-order valence-corrected chi connectivity index (χ0v) is 21.9. The lowest BCUT2D eigenvalue weighted by atomic mass is 10.0. The summed E-state index contributed by atoms with van der Waals surface area (Å²) in [5, 5.41) is 2.85. The minimum absolute atomic E-state index is 0.809. The lowest BCUT2D eigenvalue weighted by molar-refractivity contribution is 0.416. The molecule has 2 nitrogen and oxygen atoms in total. The van der Waals surface area contributed by atoms with Gasteiger partial charge in [-0.05, 0) is 59.0 Å². The van der Waals surface area contributed by atoms with E-state index in [1.807, 2.05) is 24.3 Å². The Morgan fingerprint density at radius 3 is 1.24 bits per heavy atom. The predicted molar refractivity (Wildman–Crippen MR) is 152 cm³/mol. The summed E-state index contributed by atoms with van der Waals surface area (Å²) >= 11 is 0. The van der Waals surface area contributed by atoms with Crippen molar-refractivity contribution in [3.63, 3.8) is 0 Å². The number of methoxy groups -OCH3 is 2. The first-order valence-corrected chi connectivity index (χ1v) is 14.2. The van der Waals surface area contributed by atoms with Crippen molar-refractivity contribution in [1.82, 2.24) is 0 Å². The third-order valence-corrected chi connectivity index (χ3v) is 8.72. The molecule has 0 radical (unpaired) electrons. The molecule has 0 bridgehead atoms. The van der Waals surface area contributed by atoms with Gasteiger partial charge in [-0.3, -0.25) is 0 Å². The van der Waals surface area contributed by atoms with Gasteiger partial charge in [0.15, 0.2) is 0 Å². The fourth-order valence-corrected chi connectivity index (χ4v) is 6.81. The topological polar surface area (TPSA) is 18.5 Å². The number of rotatable bonds is 11. The smallest absolute Gasteiger partial charge is 0.126 e. The van der Waals surface area contributed by atoms with E-state index in [9.17, 15) is 0 Å². The zero-order chi connectivity index (χ0) is 23.6. The molecular formula is C30H32O2P2. The molecule has 0 saturated carbocycles. The molecule has 0 amide bonds. The van der Waals surface area contributed by atoms with Crippen molar-refractivity contribution in [2.24, 2.45) is 0 Å². The summed E-state index contributed by atoms with van der Waals surface area (Å²) in [5.74, 6) is 1.88. The minimum atomic E-state index is 0.809. The van der Waals surface area contributed by atoms with E-state index in [-0.39, 0.29) is 0 Å². The van der Waals surface area contributed by atoms with E-state index in [4.69, 9.17) is 9.47 Å². The van der Waals surface area contributed by atoms with Crippen molar-refractivity contribution in [3.8, 4) is 33.8 Å². The first-order chi connectivity index (χ1) is 16.8. The Labute approximate surface area is 207 Å². The molecule has 4 heteroatoms.